The van der Waals surface area contributed by atoms with Crippen molar-refractivity contribution in [1.82, 2.24) is 4.98 Å². The Morgan fingerprint density at radius 2 is 2.20 bits per heavy atom. The molecule has 6 heteroatoms. The van der Waals surface area contributed by atoms with Crippen LogP contribution in [0.5, 0.6) is 0 Å². The second kappa shape index (κ2) is 6.00. The summed E-state index contributed by atoms with van der Waals surface area (Å²) in [6, 6.07) is 4.85. The van der Waals surface area contributed by atoms with Gasteiger partial charge in [-0.15, -0.1) is 11.3 Å². The molecule has 0 saturated heterocycles. The molecule has 0 amide bonds. The van der Waals surface area contributed by atoms with E-state index in [0.717, 1.165) is 4.88 Å². The van der Waals surface area contributed by atoms with Gasteiger partial charge >= 0.3 is 5.97 Å². The maximum atomic E-state index is 13.5. The summed E-state index contributed by atoms with van der Waals surface area (Å²) in [5.41, 5.74) is 1.47. The van der Waals surface area contributed by atoms with Crippen molar-refractivity contribution in [2.75, 3.05) is 11.9 Å². The van der Waals surface area contributed by atoms with Gasteiger partial charge in [-0.25, -0.2) is 14.2 Å². The number of halogens is 1. The molecule has 0 spiro atoms. The molecule has 1 aromatic heterocycles. The third kappa shape index (κ3) is 3.14. The number of benzene rings is 1. The van der Waals surface area contributed by atoms with E-state index in [1.54, 1.807) is 32.9 Å². The van der Waals surface area contributed by atoms with Crippen molar-refractivity contribution in [3.8, 4) is 0 Å². The van der Waals surface area contributed by atoms with Crippen molar-refractivity contribution in [2.45, 2.75) is 20.8 Å². The Hall–Kier alpha value is -1.95. The molecule has 0 atom stereocenters. The van der Waals surface area contributed by atoms with Gasteiger partial charge in [0.15, 0.2) is 10.8 Å². The summed E-state index contributed by atoms with van der Waals surface area (Å²) in [6.07, 6.45) is 0. The maximum absolute atomic E-state index is 13.5. The Morgan fingerprint density at radius 1 is 1.45 bits per heavy atom. The molecule has 106 valence electrons. The van der Waals surface area contributed by atoms with Gasteiger partial charge in [0.05, 0.1) is 6.61 Å². The number of nitrogens with one attached hydrogen (secondary N) is 1. The Balaban J connectivity index is 2.20. The Labute approximate surface area is 120 Å². The van der Waals surface area contributed by atoms with Crippen molar-refractivity contribution < 1.29 is 13.9 Å². The van der Waals surface area contributed by atoms with Gasteiger partial charge in [-0.2, -0.15) is 0 Å². The molecule has 4 nitrogen and oxygen atoms in total. The summed E-state index contributed by atoms with van der Waals surface area (Å²) in [7, 11) is 0. The molecule has 0 aliphatic rings. The van der Waals surface area contributed by atoms with Crippen LogP contribution in [0.3, 0.4) is 0 Å². The summed E-state index contributed by atoms with van der Waals surface area (Å²) < 4.78 is 18.4. The van der Waals surface area contributed by atoms with Crippen LogP contribution in [-0.4, -0.2) is 17.6 Å². The van der Waals surface area contributed by atoms with E-state index in [0.29, 0.717) is 28.7 Å². The van der Waals surface area contributed by atoms with Gasteiger partial charge in [0.1, 0.15) is 5.82 Å². The molecule has 0 saturated carbocycles. The molecule has 20 heavy (non-hydrogen) atoms. The van der Waals surface area contributed by atoms with Crippen molar-refractivity contribution in [3.63, 3.8) is 0 Å². The number of esters is 1. The van der Waals surface area contributed by atoms with Gasteiger partial charge in [0.2, 0.25) is 0 Å². The van der Waals surface area contributed by atoms with E-state index < -0.39 is 5.97 Å². The minimum Gasteiger partial charge on any atom is -0.461 e. The first-order valence-corrected chi connectivity index (χ1v) is 7.00. The molecule has 0 bridgehead atoms. The average molecular weight is 294 g/mol. The minimum atomic E-state index is -0.440. The zero-order chi connectivity index (χ0) is 14.7. The highest BCUT2D eigenvalue weighted by Crippen LogP contribution is 2.26. The Bertz CT molecular complexity index is 640. The van der Waals surface area contributed by atoms with Gasteiger partial charge in [-0.05, 0) is 38.5 Å². The minimum absolute atomic E-state index is 0.283. The van der Waals surface area contributed by atoms with Gasteiger partial charge in [-0.3, -0.25) is 0 Å². The first kappa shape index (κ1) is 14.5. The summed E-state index contributed by atoms with van der Waals surface area (Å²) >= 11 is 1.33. The summed E-state index contributed by atoms with van der Waals surface area (Å²) in [4.78, 5) is 16.6. The van der Waals surface area contributed by atoms with Gasteiger partial charge < -0.3 is 10.1 Å². The summed E-state index contributed by atoms with van der Waals surface area (Å²) in [6.45, 7) is 5.55. The SMILES string of the molecule is CCOC(=O)c1nc(Nc2ccc(C)c(F)c2)sc1C. The maximum Gasteiger partial charge on any atom is 0.358 e. The predicted octanol–water partition coefficient (Wildman–Crippen LogP) is 3.82. The molecular formula is C14H15FN2O2S. The second-order valence-electron chi connectivity index (χ2n) is 4.23. The standard InChI is InChI=1S/C14H15FN2O2S/c1-4-19-13(18)12-9(3)20-14(17-12)16-10-6-5-8(2)11(15)7-10/h5-7H,4H2,1-3H3,(H,16,17). The van der Waals surface area contributed by atoms with Crippen molar-refractivity contribution >= 4 is 28.1 Å². The number of carbonyl (C=O) groups excluding carboxylic acids is 1. The van der Waals surface area contributed by atoms with E-state index in [2.05, 4.69) is 10.3 Å². The highest BCUT2D eigenvalue weighted by Gasteiger charge is 2.16. The van der Waals surface area contributed by atoms with Crippen LogP contribution in [0.2, 0.25) is 0 Å². The molecular weight excluding hydrogens is 279 g/mol. The monoisotopic (exact) mass is 294 g/mol. The van der Waals surface area contributed by atoms with Crippen LogP contribution >= 0.6 is 11.3 Å². The number of rotatable bonds is 4. The van der Waals surface area contributed by atoms with E-state index in [-0.39, 0.29) is 5.82 Å². The lowest BCUT2D eigenvalue weighted by Crippen LogP contribution is -2.06. The predicted molar refractivity (Wildman–Crippen MR) is 77.2 cm³/mol. The first-order chi connectivity index (χ1) is 9.51. The largest absolute Gasteiger partial charge is 0.461 e. The van der Waals surface area contributed by atoms with Crippen LogP contribution in [0, 0.1) is 19.7 Å². The normalized spacial score (nSPS) is 10.4. The average Bonchev–Trinajstić information content (AvgIpc) is 2.75. The molecule has 1 aromatic carbocycles. The lowest BCUT2D eigenvalue weighted by Gasteiger charge is -2.03. The lowest BCUT2D eigenvalue weighted by molar-refractivity contribution is 0.0519. The van der Waals surface area contributed by atoms with Crippen molar-refractivity contribution in [1.29, 1.82) is 0 Å². The van der Waals surface area contributed by atoms with Crippen LogP contribution in [0.15, 0.2) is 18.2 Å². The topological polar surface area (TPSA) is 51.2 Å². The fraction of sp³-hybridized carbons (Fsp3) is 0.286. The lowest BCUT2D eigenvalue weighted by atomic mass is 10.2. The molecule has 0 aliphatic heterocycles. The molecule has 2 aromatic rings. The van der Waals surface area contributed by atoms with E-state index in [1.807, 2.05) is 0 Å². The van der Waals surface area contributed by atoms with Gasteiger partial charge in [0.25, 0.3) is 0 Å². The smallest absolute Gasteiger partial charge is 0.358 e. The highest BCUT2D eigenvalue weighted by atomic mass is 32.1. The van der Waals surface area contributed by atoms with Crippen LogP contribution in [0.1, 0.15) is 27.9 Å². The summed E-state index contributed by atoms with van der Waals surface area (Å²) in [5, 5.41) is 3.53. The number of ether oxygens (including phenoxy) is 1. The molecule has 1 N–H and O–H groups in total. The second-order valence-corrected chi connectivity index (χ2v) is 5.44. The van der Waals surface area contributed by atoms with Crippen LogP contribution < -0.4 is 5.32 Å². The molecule has 2 rings (SSSR count). The van der Waals surface area contributed by atoms with Crippen molar-refractivity contribution in [2.24, 2.45) is 0 Å². The van der Waals surface area contributed by atoms with Crippen LogP contribution in [0.25, 0.3) is 0 Å². The Kier molecular flexibility index (Phi) is 4.34. The number of thiazole rings is 1. The fourth-order valence-electron chi connectivity index (χ4n) is 1.63. The zero-order valence-corrected chi connectivity index (χ0v) is 12.3. The quantitative estimate of drug-likeness (QED) is 0.871. The first-order valence-electron chi connectivity index (χ1n) is 6.19. The fourth-order valence-corrected chi connectivity index (χ4v) is 2.45. The number of aromatic nitrogens is 1. The number of anilines is 2. The number of carbonyl (C=O) groups is 1. The molecule has 0 radical (unpaired) electrons. The Morgan fingerprint density at radius 3 is 2.85 bits per heavy atom. The highest BCUT2D eigenvalue weighted by molar-refractivity contribution is 7.15. The number of hydrogen-bond donors (Lipinski definition) is 1. The van der Waals surface area contributed by atoms with Crippen molar-refractivity contribution in [3.05, 3.63) is 40.2 Å². The van der Waals surface area contributed by atoms with E-state index in [4.69, 9.17) is 4.74 Å². The molecule has 0 aliphatic carbocycles. The zero-order valence-electron chi connectivity index (χ0n) is 11.5. The van der Waals surface area contributed by atoms with E-state index >= 15 is 0 Å². The van der Waals surface area contributed by atoms with E-state index in [9.17, 15) is 9.18 Å². The third-order valence-electron chi connectivity index (χ3n) is 2.69. The van der Waals surface area contributed by atoms with Crippen LogP contribution in [-0.2, 0) is 4.74 Å². The number of aryl methyl sites for hydroxylation is 2. The van der Waals surface area contributed by atoms with Gasteiger partial charge in [0, 0.05) is 10.6 Å². The number of nitrogens with zero attached hydrogens (tertiary/aromatic N) is 1. The number of hydrogen-bond acceptors (Lipinski definition) is 5. The molecule has 0 fully saturated rings. The molecule has 1 heterocycles. The van der Waals surface area contributed by atoms with Crippen LogP contribution in [0.4, 0.5) is 15.2 Å². The summed E-state index contributed by atoms with van der Waals surface area (Å²) in [5.74, 6) is -0.724. The van der Waals surface area contributed by atoms with E-state index in [1.165, 1.54) is 17.4 Å². The van der Waals surface area contributed by atoms with Gasteiger partial charge in [-0.1, -0.05) is 6.07 Å². The molecule has 0 unspecified atom stereocenters. The third-order valence-corrected chi connectivity index (χ3v) is 3.57.